The van der Waals surface area contributed by atoms with Crippen LogP contribution in [0.3, 0.4) is 0 Å². The Labute approximate surface area is 211 Å². The number of rotatable bonds is 6. The van der Waals surface area contributed by atoms with E-state index in [-0.39, 0.29) is 6.09 Å². The van der Waals surface area contributed by atoms with Gasteiger partial charge in [0.25, 0.3) is 0 Å². The second-order valence-corrected chi connectivity index (χ2v) is 10.1. The molecule has 3 aromatic rings. The van der Waals surface area contributed by atoms with Crippen molar-refractivity contribution >= 4 is 22.9 Å². The fraction of sp³-hybridized carbons (Fsp3) is 0.393. The number of hydrogen-bond acceptors (Lipinski definition) is 7. The highest BCUT2D eigenvalue weighted by atomic mass is 16.6. The minimum Gasteiger partial charge on any atom is -0.479 e. The summed E-state index contributed by atoms with van der Waals surface area (Å²) >= 11 is 0. The summed E-state index contributed by atoms with van der Waals surface area (Å²) < 4.78 is 17.2. The molecule has 0 saturated carbocycles. The van der Waals surface area contributed by atoms with Crippen LogP contribution in [-0.2, 0) is 9.47 Å². The summed E-state index contributed by atoms with van der Waals surface area (Å²) in [6, 6.07) is 13.3. The number of hydrogen-bond donors (Lipinski definition) is 1. The van der Waals surface area contributed by atoms with Gasteiger partial charge < -0.3 is 24.1 Å². The van der Waals surface area contributed by atoms with E-state index in [0.29, 0.717) is 54.1 Å². The number of nitriles is 1. The maximum atomic E-state index is 12.2. The molecule has 1 amide bonds. The van der Waals surface area contributed by atoms with E-state index in [1.807, 2.05) is 52.0 Å². The topological polar surface area (TPSA) is 101 Å². The molecular weight excluding hydrogens is 456 g/mol. The summed E-state index contributed by atoms with van der Waals surface area (Å²) in [6.07, 6.45) is 1.47. The summed E-state index contributed by atoms with van der Waals surface area (Å²) in [5.41, 5.74) is 3.98. The van der Waals surface area contributed by atoms with Crippen molar-refractivity contribution in [2.75, 3.05) is 25.0 Å². The van der Waals surface area contributed by atoms with Crippen LogP contribution in [0.1, 0.15) is 44.7 Å². The second-order valence-electron chi connectivity index (χ2n) is 10.1. The van der Waals surface area contributed by atoms with Crippen LogP contribution in [0, 0.1) is 24.2 Å². The van der Waals surface area contributed by atoms with Gasteiger partial charge in [-0.1, -0.05) is 0 Å². The molecule has 2 aromatic carbocycles. The fourth-order valence-corrected chi connectivity index (χ4v) is 4.11. The van der Waals surface area contributed by atoms with Gasteiger partial charge in [-0.05, 0) is 95.0 Å². The van der Waals surface area contributed by atoms with Gasteiger partial charge in [0.05, 0.1) is 18.2 Å². The molecule has 0 unspecified atom stereocenters. The maximum absolute atomic E-state index is 12.2. The number of nitrogens with zero attached hydrogens (tertiary/aromatic N) is 3. The zero-order valence-corrected chi connectivity index (χ0v) is 21.3. The van der Waals surface area contributed by atoms with E-state index in [1.165, 1.54) is 0 Å². The Hall–Kier alpha value is -3.99. The van der Waals surface area contributed by atoms with E-state index in [0.717, 1.165) is 29.7 Å². The third-order valence-corrected chi connectivity index (χ3v) is 5.98. The maximum Gasteiger partial charge on any atom is 0.410 e. The third kappa shape index (κ3) is 6.16. The van der Waals surface area contributed by atoms with Crippen LogP contribution in [0.5, 0.6) is 0 Å². The Morgan fingerprint density at radius 3 is 2.58 bits per heavy atom. The molecule has 1 aromatic heterocycles. The normalized spacial score (nSPS) is 14.4. The van der Waals surface area contributed by atoms with Crippen LogP contribution >= 0.6 is 0 Å². The van der Waals surface area contributed by atoms with E-state index >= 15 is 0 Å². The smallest absolute Gasteiger partial charge is 0.410 e. The van der Waals surface area contributed by atoms with E-state index in [2.05, 4.69) is 22.9 Å². The molecule has 1 N–H and O–H groups in total. The van der Waals surface area contributed by atoms with Gasteiger partial charge in [-0.2, -0.15) is 5.26 Å². The quantitative estimate of drug-likeness (QED) is 0.411. The summed E-state index contributed by atoms with van der Waals surface area (Å²) in [5.74, 6) is 1.33. The highest BCUT2D eigenvalue weighted by Gasteiger charge is 2.27. The number of piperidine rings is 1. The molecule has 188 valence electrons. The second kappa shape index (κ2) is 10.3. The van der Waals surface area contributed by atoms with E-state index in [1.54, 1.807) is 17.0 Å². The predicted molar refractivity (Wildman–Crippen MR) is 138 cm³/mol. The summed E-state index contributed by atoms with van der Waals surface area (Å²) in [4.78, 5) is 18.5. The molecule has 36 heavy (non-hydrogen) atoms. The summed E-state index contributed by atoms with van der Waals surface area (Å²) in [6.45, 7) is 13.4. The first-order valence-electron chi connectivity index (χ1n) is 12.1. The predicted octanol–water partition coefficient (Wildman–Crippen LogP) is 6.22. The van der Waals surface area contributed by atoms with Crippen molar-refractivity contribution in [3.05, 3.63) is 60.0 Å². The lowest BCUT2D eigenvalue weighted by Crippen LogP contribution is -2.42. The molecule has 1 saturated heterocycles. The molecule has 1 aliphatic heterocycles. The summed E-state index contributed by atoms with van der Waals surface area (Å²) in [7, 11) is 0. The number of likely N-dealkylation sites (tertiary alicyclic amines) is 1. The monoisotopic (exact) mass is 488 g/mol. The minimum atomic E-state index is -0.484. The van der Waals surface area contributed by atoms with E-state index in [4.69, 9.17) is 13.9 Å². The number of fused-ring (bicyclic) bond motifs is 1. The average Bonchev–Trinajstić information content (AvgIpc) is 3.27. The number of aromatic nitrogens is 1. The lowest BCUT2D eigenvalue weighted by molar-refractivity contribution is 0.0149. The molecule has 0 spiro atoms. The van der Waals surface area contributed by atoms with E-state index < -0.39 is 5.60 Å². The number of anilines is 1. The van der Waals surface area contributed by atoms with Crippen LogP contribution in [0.4, 0.5) is 10.5 Å². The van der Waals surface area contributed by atoms with Gasteiger partial charge in [0.1, 0.15) is 11.1 Å². The zero-order valence-electron chi connectivity index (χ0n) is 21.3. The molecule has 1 aliphatic rings. The lowest BCUT2D eigenvalue weighted by atomic mass is 9.98. The fourth-order valence-electron chi connectivity index (χ4n) is 4.11. The molecular formula is C28H32N4O4. The van der Waals surface area contributed by atoms with Crippen molar-refractivity contribution in [3.8, 4) is 17.5 Å². The van der Waals surface area contributed by atoms with Crippen molar-refractivity contribution in [2.24, 2.45) is 5.92 Å². The molecule has 0 aliphatic carbocycles. The van der Waals surface area contributed by atoms with Gasteiger partial charge >= 0.3 is 6.09 Å². The van der Waals surface area contributed by atoms with Gasteiger partial charge in [0.2, 0.25) is 5.89 Å². The Morgan fingerprint density at radius 2 is 1.94 bits per heavy atom. The molecule has 4 rings (SSSR count). The van der Waals surface area contributed by atoms with Crippen molar-refractivity contribution in [3.63, 3.8) is 0 Å². The van der Waals surface area contributed by atoms with Crippen molar-refractivity contribution in [2.45, 2.75) is 46.1 Å². The molecule has 1 fully saturated rings. The van der Waals surface area contributed by atoms with Crippen molar-refractivity contribution in [1.82, 2.24) is 9.88 Å². The minimum absolute atomic E-state index is 0.253. The SMILES string of the molecule is C=C(Nc1ccc(-c2nc3cc(C#N)cc(C)c3o2)cc1)OCC1CCN(C(=O)OC(C)(C)C)CC1. The number of carbonyl (C=O) groups is 1. The van der Waals surface area contributed by atoms with E-state index in [9.17, 15) is 10.1 Å². The molecule has 2 heterocycles. The Kier molecular flexibility index (Phi) is 7.20. The van der Waals surface area contributed by atoms with Gasteiger partial charge in [0.15, 0.2) is 11.5 Å². The Balaban J connectivity index is 1.26. The highest BCUT2D eigenvalue weighted by molar-refractivity contribution is 5.81. The average molecular weight is 489 g/mol. The summed E-state index contributed by atoms with van der Waals surface area (Å²) in [5, 5.41) is 12.3. The first-order chi connectivity index (χ1) is 17.1. The number of aryl methyl sites for hydroxylation is 1. The number of amides is 1. The van der Waals surface area contributed by atoms with Gasteiger partial charge in [-0.15, -0.1) is 0 Å². The largest absolute Gasteiger partial charge is 0.479 e. The van der Waals surface area contributed by atoms with Gasteiger partial charge in [0, 0.05) is 24.3 Å². The lowest BCUT2D eigenvalue weighted by Gasteiger charge is -2.33. The van der Waals surface area contributed by atoms with Crippen LogP contribution < -0.4 is 5.32 Å². The standard InChI is InChI=1S/C28H32N4O4/c1-18-14-21(16-29)15-24-25(18)35-26(31-24)22-6-8-23(9-7-22)30-19(2)34-17-20-10-12-32(13-11-20)27(33)36-28(3,4)5/h6-9,14-15,20,30H,2,10-13,17H2,1,3-5H3. The van der Waals surface area contributed by atoms with Crippen LogP contribution in [0.15, 0.2) is 53.3 Å². The number of benzene rings is 2. The molecule has 0 radical (unpaired) electrons. The van der Waals surface area contributed by atoms with Crippen LogP contribution in [0.2, 0.25) is 0 Å². The number of oxazole rings is 1. The molecule has 0 atom stereocenters. The number of carbonyl (C=O) groups excluding carboxylic acids is 1. The zero-order chi connectivity index (χ0) is 25.9. The van der Waals surface area contributed by atoms with Crippen molar-refractivity contribution < 1.29 is 18.7 Å². The molecule has 8 heteroatoms. The first kappa shape index (κ1) is 25.1. The Bertz CT molecular complexity index is 1290. The highest BCUT2D eigenvalue weighted by Crippen LogP contribution is 2.28. The van der Waals surface area contributed by atoms with Crippen LogP contribution in [-0.4, -0.2) is 41.3 Å². The van der Waals surface area contributed by atoms with Crippen LogP contribution in [0.25, 0.3) is 22.6 Å². The number of ether oxygens (including phenoxy) is 2. The number of nitrogens with one attached hydrogen (secondary N) is 1. The molecule has 8 nitrogen and oxygen atoms in total. The first-order valence-corrected chi connectivity index (χ1v) is 12.1. The van der Waals surface area contributed by atoms with Gasteiger partial charge in [-0.3, -0.25) is 0 Å². The van der Waals surface area contributed by atoms with Crippen molar-refractivity contribution in [1.29, 1.82) is 5.26 Å². The third-order valence-electron chi connectivity index (χ3n) is 5.98. The van der Waals surface area contributed by atoms with Gasteiger partial charge in [-0.25, -0.2) is 9.78 Å². The molecule has 0 bridgehead atoms. The Morgan fingerprint density at radius 1 is 1.25 bits per heavy atom.